The SMILES string of the molecule is [B]N[CH-]C(=O)N1[CH-][C@H](ON=C(C)C)C[C@H]1C(=O)N[C@]1(C(C)=O)C[C@H]1C=C.[U].[V].[W]. The molecule has 1 aliphatic heterocycles. The Kier molecular flexibility index (Phi) is 14.5. The third-order valence-corrected chi connectivity index (χ3v) is 4.53. The maximum atomic E-state index is 12.8. The molecule has 3 radical (unpaired) electrons. The first-order valence-corrected chi connectivity index (χ1v) is 8.34. The van der Waals surface area contributed by atoms with Crippen LogP contribution < -0.4 is 10.5 Å². The van der Waals surface area contributed by atoms with Crippen LogP contribution in [0.2, 0.25) is 0 Å². The molecule has 2 N–H and O–H groups in total. The summed E-state index contributed by atoms with van der Waals surface area (Å²) in [7, 11) is 5.16. The Balaban J connectivity index is 0. The molecule has 1 saturated heterocycles. The monoisotopic (exact) mass is 831 g/mol. The Labute approximate surface area is 223 Å². The standard InChI is InChI=1S/C17H23BN4O4.U.V.W/c1-5-12-7-17(12,11(4)23)20-16(25)14-6-13(26-21-10(2)3)9-22(14)15(24)8-19-18;;;/h5,8-9,12-14,19H,1,6-7H2,2-4H3,(H,20,25);;;/q-2;;;/t12-,13-,14+,17+;;;/m1.../s1. The van der Waals surface area contributed by atoms with E-state index in [4.69, 9.17) is 12.8 Å². The van der Waals surface area contributed by atoms with Gasteiger partial charge in [-0.05, 0) is 33.6 Å². The number of amides is 2. The molecule has 4 atom stereocenters. The largest absolute Gasteiger partial charge is 0.504 e. The minimum atomic E-state index is -0.930. The smallest absolute Gasteiger partial charge is 0.241 e. The van der Waals surface area contributed by atoms with E-state index in [1.807, 2.05) is 0 Å². The fourth-order valence-corrected chi connectivity index (χ4v) is 3.04. The van der Waals surface area contributed by atoms with Crippen LogP contribution >= 0.6 is 0 Å². The number of nitrogens with one attached hydrogen (secondary N) is 2. The van der Waals surface area contributed by atoms with Crippen LogP contribution in [0, 0.1) is 50.1 Å². The van der Waals surface area contributed by atoms with E-state index in [9.17, 15) is 14.4 Å². The van der Waals surface area contributed by atoms with E-state index in [1.165, 1.54) is 18.4 Å². The number of hydrogen-bond acceptors (Lipinski definition) is 6. The van der Waals surface area contributed by atoms with Gasteiger partial charge in [0, 0.05) is 82.8 Å². The molecule has 1 aliphatic carbocycles. The van der Waals surface area contributed by atoms with Crippen LogP contribution in [0.3, 0.4) is 0 Å². The molecular weight excluding hydrogens is 808 g/mol. The van der Waals surface area contributed by atoms with Gasteiger partial charge in [-0.1, -0.05) is 11.2 Å². The van der Waals surface area contributed by atoms with Gasteiger partial charge in [0.25, 0.3) is 0 Å². The summed E-state index contributed by atoms with van der Waals surface area (Å²) >= 11 is 0. The first-order valence-electron chi connectivity index (χ1n) is 8.34. The molecule has 1 saturated carbocycles. The number of rotatable bonds is 8. The second kappa shape index (κ2) is 13.5. The number of oxime groups is 1. The Morgan fingerprint density at radius 2 is 2.00 bits per heavy atom. The van der Waals surface area contributed by atoms with Gasteiger partial charge in [-0.25, -0.2) is 0 Å². The fraction of sp³-hybridized carbons (Fsp3) is 0.529. The normalized spacial score (nSPS) is 26.4. The first-order chi connectivity index (χ1) is 12.2. The van der Waals surface area contributed by atoms with Crippen LogP contribution in [0.15, 0.2) is 17.8 Å². The predicted molar refractivity (Wildman–Crippen MR) is 96.3 cm³/mol. The van der Waals surface area contributed by atoms with Crippen LogP contribution in [-0.4, -0.2) is 53.9 Å². The number of ketones is 1. The van der Waals surface area contributed by atoms with Gasteiger partial charge in [0.05, 0.1) is 17.7 Å². The molecule has 2 amide bonds. The van der Waals surface area contributed by atoms with E-state index in [0.29, 0.717) is 12.1 Å². The fourth-order valence-electron chi connectivity index (χ4n) is 3.04. The number of nitrogens with zero attached hydrogens (tertiary/aromatic N) is 2. The van der Waals surface area contributed by atoms with Crippen molar-refractivity contribution in [2.45, 2.75) is 51.3 Å². The second-order valence-electron chi connectivity index (χ2n) is 6.70. The summed E-state index contributed by atoms with van der Waals surface area (Å²) in [6.45, 7) is 11.2. The molecule has 8 nitrogen and oxygen atoms in total. The number of likely N-dealkylation sites (tertiary alicyclic amines) is 1. The summed E-state index contributed by atoms with van der Waals surface area (Å²) in [5, 5.41) is 8.83. The van der Waals surface area contributed by atoms with E-state index < -0.39 is 29.5 Å². The molecule has 0 aromatic rings. The van der Waals surface area contributed by atoms with Crippen molar-refractivity contribution in [2.75, 3.05) is 0 Å². The van der Waals surface area contributed by atoms with Crippen LogP contribution in [0.4, 0.5) is 0 Å². The van der Waals surface area contributed by atoms with Crippen molar-refractivity contribution in [3.63, 3.8) is 0 Å². The Morgan fingerprint density at radius 3 is 2.45 bits per heavy atom. The number of carbonyl (C=O) groups excluding carboxylic acids is 3. The van der Waals surface area contributed by atoms with E-state index in [0.717, 1.165) is 6.54 Å². The molecule has 1 heterocycles. The summed E-state index contributed by atoms with van der Waals surface area (Å²) in [6, 6.07) is -0.827. The van der Waals surface area contributed by atoms with Gasteiger partial charge in [0.2, 0.25) is 5.91 Å². The summed E-state index contributed by atoms with van der Waals surface area (Å²) in [4.78, 5) is 43.6. The van der Waals surface area contributed by atoms with E-state index in [1.54, 1.807) is 19.9 Å². The van der Waals surface area contributed by atoms with Gasteiger partial charge in [0.15, 0.2) is 5.78 Å². The molecule has 0 spiro atoms. The Morgan fingerprint density at radius 1 is 1.38 bits per heavy atom. The molecule has 0 bridgehead atoms. The zero-order chi connectivity index (χ0) is 19.5. The Bertz CT molecular complexity index is 653. The van der Waals surface area contributed by atoms with Crippen molar-refractivity contribution in [3.05, 3.63) is 25.7 Å². The molecule has 2 fully saturated rings. The summed E-state index contributed by atoms with van der Waals surface area (Å²) in [5.74, 6) is -1.16. The van der Waals surface area contributed by atoms with Crippen LogP contribution in [0.25, 0.3) is 0 Å². The zero-order valence-electron chi connectivity index (χ0n) is 16.5. The van der Waals surface area contributed by atoms with Crippen LogP contribution in [0.5, 0.6) is 0 Å². The minimum absolute atomic E-state index is 0. The third-order valence-electron chi connectivity index (χ3n) is 4.53. The van der Waals surface area contributed by atoms with Crippen molar-refractivity contribution in [1.82, 2.24) is 15.4 Å². The Hall–Kier alpha value is 0.0396. The topological polar surface area (TPSA) is 100 Å². The predicted octanol–water partition coefficient (Wildman–Crippen LogP) is 0.00988. The van der Waals surface area contributed by atoms with Gasteiger partial charge in [-0.2, -0.15) is 6.54 Å². The van der Waals surface area contributed by atoms with Gasteiger partial charge in [-0.3, -0.25) is 16.1 Å². The van der Waals surface area contributed by atoms with Crippen molar-refractivity contribution in [3.8, 4) is 0 Å². The summed E-state index contributed by atoms with van der Waals surface area (Å²) in [5.41, 5.74) is -0.220. The van der Waals surface area contributed by atoms with E-state index in [-0.39, 0.29) is 88.9 Å². The number of carbonyl (C=O) groups is 3. The molecule has 0 aromatic heterocycles. The molecule has 0 unspecified atom stereocenters. The van der Waals surface area contributed by atoms with Crippen LogP contribution in [-0.2, 0) is 58.8 Å². The molecule has 12 heteroatoms. The molecule has 155 valence electrons. The average Bonchev–Trinajstić information content (AvgIpc) is 3.12. The van der Waals surface area contributed by atoms with Crippen molar-refractivity contribution < 1.29 is 90.0 Å². The van der Waals surface area contributed by atoms with Gasteiger partial charge in [0.1, 0.15) is 13.5 Å². The molecular formula is C17H23BN4O4UVW-2. The quantitative estimate of drug-likeness (QED) is 0.118. The van der Waals surface area contributed by atoms with Gasteiger partial charge in [-0.15, -0.1) is 6.58 Å². The maximum absolute atomic E-state index is 12.8. The van der Waals surface area contributed by atoms with Gasteiger partial charge >= 0.3 is 0 Å². The van der Waals surface area contributed by atoms with Crippen molar-refractivity contribution in [2.24, 2.45) is 11.1 Å². The molecule has 0 aromatic carbocycles. The van der Waals surface area contributed by atoms with Crippen molar-refractivity contribution >= 4 is 31.3 Å². The number of Topliss-reactive ketones (excluding diaryl/α,β-unsaturated/α-hetero) is 1. The average molecular weight is 831 g/mol. The van der Waals surface area contributed by atoms with Crippen LogP contribution in [0.1, 0.15) is 33.6 Å². The van der Waals surface area contributed by atoms with Crippen molar-refractivity contribution in [1.29, 1.82) is 0 Å². The van der Waals surface area contributed by atoms with E-state index in [2.05, 4.69) is 22.3 Å². The second-order valence-corrected chi connectivity index (χ2v) is 6.70. The molecule has 29 heavy (non-hydrogen) atoms. The third kappa shape index (κ3) is 7.59. The summed E-state index contributed by atoms with van der Waals surface area (Å²) < 4.78 is 0. The molecule has 2 aliphatic rings. The number of hydrogen-bond donors (Lipinski definition) is 2. The maximum Gasteiger partial charge on any atom is 0.241 e. The minimum Gasteiger partial charge on any atom is -0.504 e. The molecule has 2 rings (SSSR count). The zero-order valence-corrected chi connectivity index (χ0v) is 25.0. The van der Waals surface area contributed by atoms with Gasteiger partial charge < -0.3 is 25.1 Å². The van der Waals surface area contributed by atoms with E-state index >= 15 is 0 Å². The first kappa shape index (κ1) is 31.2. The summed E-state index contributed by atoms with van der Waals surface area (Å²) in [6.07, 6.45) is 1.85.